The molecule has 0 radical (unpaired) electrons. The van der Waals surface area contributed by atoms with Crippen molar-refractivity contribution in [3.63, 3.8) is 0 Å². The Hall–Kier alpha value is -0.420. The lowest BCUT2D eigenvalue weighted by molar-refractivity contribution is 0.149. The van der Waals surface area contributed by atoms with Gasteiger partial charge in [0.1, 0.15) is 5.69 Å². The number of aromatic nitrogens is 3. The molecular weight excluding hydrogens is 246 g/mol. The van der Waals surface area contributed by atoms with Crippen LogP contribution in [0.5, 0.6) is 0 Å². The third-order valence-corrected chi connectivity index (χ3v) is 2.72. The SMILES string of the molecule is CC(C)CCC(O)c1c(Br)nnn1C. The van der Waals surface area contributed by atoms with E-state index >= 15 is 0 Å². The number of nitrogens with zero attached hydrogens (tertiary/aromatic N) is 3. The van der Waals surface area contributed by atoms with Gasteiger partial charge >= 0.3 is 0 Å². The molecule has 0 saturated carbocycles. The van der Waals surface area contributed by atoms with Gasteiger partial charge in [-0.1, -0.05) is 19.1 Å². The first-order chi connectivity index (χ1) is 6.52. The topological polar surface area (TPSA) is 50.9 Å². The molecule has 1 unspecified atom stereocenters. The number of aliphatic hydroxyl groups excluding tert-OH is 1. The van der Waals surface area contributed by atoms with Gasteiger partial charge in [-0.25, -0.2) is 4.68 Å². The summed E-state index contributed by atoms with van der Waals surface area (Å²) in [5.74, 6) is 0.601. The second-order valence-corrected chi connectivity index (χ2v) is 4.63. The highest BCUT2D eigenvalue weighted by molar-refractivity contribution is 9.10. The van der Waals surface area contributed by atoms with E-state index in [1.54, 1.807) is 11.7 Å². The molecule has 0 aliphatic heterocycles. The Balaban J connectivity index is 2.64. The van der Waals surface area contributed by atoms with Gasteiger partial charge < -0.3 is 5.11 Å². The summed E-state index contributed by atoms with van der Waals surface area (Å²) in [5.41, 5.74) is 0.755. The number of aryl methyl sites for hydroxylation is 1. The standard InChI is InChI=1S/C9H16BrN3O/c1-6(2)4-5-7(14)8-9(10)11-12-13(8)3/h6-7,14H,4-5H2,1-3H3. The van der Waals surface area contributed by atoms with E-state index < -0.39 is 6.10 Å². The minimum atomic E-state index is -0.480. The van der Waals surface area contributed by atoms with E-state index in [1.165, 1.54) is 0 Å². The number of hydrogen-bond acceptors (Lipinski definition) is 3. The summed E-state index contributed by atoms with van der Waals surface area (Å²) in [5, 5.41) is 17.5. The fraction of sp³-hybridized carbons (Fsp3) is 0.778. The smallest absolute Gasteiger partial charge is 0.154 e. The zero-order valence-corrected chi connectivity index (χ0v) is 10.3. The summed E-state index contributed by atoms with van der Waals surface area (Å²) < 4.78 is 2.24. The summed E-state index contributed by atoms with van der Waals surface area (Å²) >= 11 is 3.27. The van der Waals surface area contributed by atoms with Crippen molar-refractivity contribution in [1.29, 1.82) is 0 Å². The maximum Gasteiger partial charge on any atom is 0.154 e. The molecular formula is C9H16BrN3O. The van der Waals surface area contributed by atoms with Crippen molar-refractivity contribution in [2.24, 2.45) is 13.0 Å². The van der Waals surface area contributed by atoms with Crippen LogP contribution < -0.4 is 0 Å². The van der Waals surface area contributed by atoms with Crippen molar-refractivity contribution in [3.05, 3.63) is 10.3 Å². The Morgan fingerprint density at radius 3 is 2.50 bits per heavy atom. The normalized spacial score (nSPS) is 13.6. The molecule has 4 nitrogen and oxygen atoms in total. The molecule has 1 heterocycles. The minimum Gasteiger partial charge on any atom is -0.387 e. The van der Waals surface area contributed by atoms with Gasteiger partial charge in [-0.05, 0) is 34.7 Å². The largest absolute Gasteiger partial charge is 0.387 e. The van der Waals surface area contributed by atoms with E-state index in [2.05, 4.69) is 40.1 Å². The molecule has 1 atom stereocenters. The van der Waals surface area contributed by atoms with Crippen LogP contribution in [0.1, 0.15) is 38.5 Å². The number of hydrogen-bond donors (Lipinski definition) is 1. The summed E-state index contributed by atoms with van der Waals surface area (Å²) in [6.45, 7) is 4.28. The highest BCUT2D eigenvalue weighted by Gasteiger charge is 2.17. The average Bonchev–Trinajstić information content (AvgIpc) is 2.42. The van der Waals surface area contributed by atoms with Gasteiger partial charge in [0, 0.05) is 7.05 Å². The van der Waals surface area contributed by atoms with Crippen LogP contribution in [-0.4, -0.2) is 20.1 Å². The van der Waals surface area contributed by atoms with Crippen LogP contribution in [0.4, 0.5) is 0 Å². The van der Waals surface area contributed by atoms with Crippen molar-refractivity contribution >= 4 is 15.9 Å². The Kier molecular flexibility index (Phi) is 4.07. The fourth-order valence-electron chi connectivity index (χ4n) is 1.32. The van der Waals surface area contributed by atoms with Crippen LogP contribution in [0.3, 0.4) is 0 Å². The van der Waals surface area contributed by atoms with Crippen LogP contribution >= 0.6 is 15.9 Å². The molecule has 0 fully saturated rings. The molecule has 5 heteroatoms. The van der Waals surface area contributed by atoms with Crippen LogP contribution in [0.2, 0.25) is 0 Å². The monoisotopic (exact) mass is 261 g/mol. The summed E-state index contributed by atoms with van der Waals surface area (Å²) in [6, 6.07) is 0. The Morgan fingerprint density at radius 2 is 2.07 bits per heavy atom. The molecule has 1 aromatic heterocycles. The molecule has 0 saturated heterocycles. The van der Waals surface area contributed by atoms with Crippen molar-refractivity contribution in [3.8, 4) is 0 Å². The molecule has 0 aromatic carbocycles. The minimum absolute atomic E-state index is 0.480. The van der Waals surface area contributed by atoms with E-state index in [-0.39, 0.29) is 0 Å². The van der Waals surface area contributed by atoms with E-state index in [0.717, 1.165) is 18.5 Å². The average molecular weight is 262 g/mol. The van der Waals surface area contributed by atoms with Crippen molar-refractivity contribution < 1.29 is 5.11 Å². The maximum atomic E-state index is 9.89. The van der Waals surface area contributed by atoms with Crippen LogP contribution in [0.25, 0.3) is 0 Å². The number of halogens is 1. The first kappa shape index (κ1) is 11.7. The van der Waals surface area contributed by atoms with Gasteiger partial charge in [-0.15, -0.1) is 5.10 Å². The zero-order chi connectivity index (χ0) is 10.7. The van der Waals surface area contributed by atoms with Gasteiger partial charge in [0.25, 0.3) is 0 Å². The van der Waals surface area contributed by atoms with E-state index in [0.29, 0.717) is 10.5 Å². The summed E-state index contributed by atoms with van der Waals surface area (Å²) in [6.07, 6.45) is 1.27. The van der Waals surface area contributed by atoms with Gasteiger partial charge in [-0.3, -0.25) is 0 Å². The predicted molar refractivity (Wildman–Crippen MR) is 57.7 cm³/mol. The molecule has 0 amide bonds. The van der Waals surface area contributed by atoms with Gasteiger partial charge in [0.15, 0.2) is 4.60 Å². The van der Waals surface area contributed by atoms with E-state index in [9.17, 15) is 5.11 Å². The maximum absolute atomic E-state index is 9.89. The van der Waals surface area contributed by atoms with Crippen molar-refractivity contribution in [2.45, 2.75) is 32.8 Å². The zero-order valence-electron chi connectivity index (χ0n) is 8.74. The summed E-state index contributed by atoms with van der Waals surface area (Å²) in [7, 11) is 1.78. The van der Waals surface area contributed by atoms with Crippen LogP contribution in [0, 0.1) is 5.92 Å². The van der Waals surface area contributed by atoms with Crippen molar-refractivity contribution in [1.82, 2.24) is 15.0 Å². The number of aliphatic hydroxyl groups is 1. The second-order valence-electron chi connectivity index (χ2n) is 3.88. The quantitative estimate of drug-likeness (QED) is 0.903. The highest BCUT2D eigenvalue weighted by atomic mass is 79.9. The Morgan fingerprint density at radius 1 is 1.43 bits per heavy atom. The highest BCUT2D eigenvalue weighted by Crippen LogP contribution is 2.25. The lowest BCUT2D eigenvalue weighted by Crippen LogP contribution is -2.07. The first-order valence-electron chi connectivity index (χ1n) is 4.75. The van der Waals surface area contributed by atoms with Gasteiger partial charge in [0.05, 0.1) is 6.10 Å². The Labute approximate surface area is 92.4 Å². The predicted octanol–water partition coefficient (Wildman–Crippen LogP) is 2.05. The van der Waals surface area contributed by atoms with E-state index in [4.69, 9.17) is 0 Å². The van der Waals surface area contributed by atoms with Crippen LogP contribution in [0.15, 0.2) is 4.60 Å². The lowest BCUT2D eigenvalue weighted by Gasteiger charge is -2.12. The molecule has 1 rings (SSSR count). The number of rotatable bonds is 4. The molecule has 1 N–H and O–H groups in total. The van der Waals surface area contributed by atoms with E-state index in [1.807, 2.05) is 0 Å². The molecule has 0 bridgehead atoms. The van der Waals surface area contributed by atoms with Gasteiger partial charge in [-0.2, -0.15) is 0 Å². The molecule has 0 aliphatic carbocycles. The fourth-order valence-corrected chi connectivity index (χ4v) is 1.91. The summed E-state index contributed by atoms with van der Waals surface area (Å²) in [4.78, 5) is 0. The van der Waals surface area contributed by atoms with Crippen LogP contribution in [-0.2, 0) is 7.05 Å². The lowest BCUT2D eigenvalue weighted by atomic mass is 10.0. The molecule has 0 spiro atoms. The van der Waals surface area contributed by atoms with Gasteiger partial charge in [0.2, 0.25) is 0 Å². The molecule has 1 aromatic rings. The van der Waals surface area contributed by atoms with Crippen molar-refractivity contribution in [2.75, 3.05) is 0 Å². The Bertz CT molecular complexity index is 279. The molecule has 14 heavy (non-hydrogen) atoms. The first-order valence-corrected chi connectivity index (χ1v) is 5.54. The second kappa shape index (κ2) is 4.89. The third kappa shape index (κ3) is 2.78. The molecule has 0 aliphatic rings. The third-order valence-electron chi connectivity index (χ3n) is 2.16. The molecule has 80 valence electrons.